The molecule has 6 heteroatoms. The third kappa shape index (κ3) is 4.79. The van der Waals surface area contributed by atoms with Crippen LogP contribution in [0.3, 0.4) is 0 Å². The average Bonchev–Trinajstić information content (AvgIpc) is 3.06. The van der Waals surface area contributed by atoms with Gasteiger partial charge in [-0.1, -0.05) is 41.4 Å². The van der Waals surface area contributed by atoms with E-state index in [1.807, 2.05) is 37.4 Å². The van der Waals surface area contributed by atoms with Crippen LogP contribution < -0.4 is 0 Å². The first-order valence-electron chi connectivity index (χ1n) is 8.60. The SMILES string of the molecule is Cc1ccc(CS(=O)(=O)/C(=C/c2sccc2C)C(=O)c2ccc(Cl)cc2)cc1. The molecular formula is C22H19ClO3S2. The molecule has 0 aliphatic carbocycles. The molecular weight excluding hydrogens is 412 g/mol. The average molecular weight is 431 g/mol. The van der Waals surface area contributed by atoms with E-state index in [2.05, 4.69) is 0 Å². The third-order valence-corrected chi connectivity index (χ3v) is 7.21. The predicted octanol–water partition coefficient (Wildman–Crippen LogP) is 5.86. The summed E-state index contributed by atoms with van der Waals surface area (Å²) in [6, 6.07) is 15.4. The summed E-state index contributed by atoms with van der Waals surface area (Å²) in [5.41, 5.74) is 2.90. The van der Waals surface area contributed by atoms with Crippen molar-refractivity contribution in [2.24, 2.45) is 0 Å². The number of rotatable bonds is 6. The molecule has 1 aromatic heterocycles. The van der Waals surface area contributed by atoms with Gasteiger partial charge in [0, 0.05) is 15.5 Å². The van der Waals surface area contributed by atoms with E-state index in [0.29, 0.717) is 10.6 Å². The normalized spacial score (nSPS) is 12.2. The number of carbonyl (C=O) groups excluding carboxylic acids is 1. The highest BCUT2D eigenvalue weighted by Crippen LogP contribution is 2.26. The number of ketones is 1. The second-order valence-electron chi connectivity index (χ2n) is 6.56. The molecule has 0 unspecified atom stereocenters. The zero-order valence-corrected chi connectivity index (χ0v) is 17.9. The van der Waals surface area contributed by atoms with Gasteiger partial charge in [-0.15, -0.1) is 11.3 Å². The summed E-state index contributed by atoms with van der Waals surface area (Å²) in [6.45, 7) is 3.83. The lowest BCUT2D eigenvalue weighted by atomic mass is 10.1. The molecule has 0 amide bonds. The summed E-state index contributed by atoms with van der Waals surface area (Å²) in [5.74, 6) is -0.764. The molecule has 0 spiro atoms. The summed E-state index contributed by atoms with van der Waals surface area (Å²) in [4.78, 5) is 13.6. The molecule has 0 radical (unpaired) electrons. The summed E-state index contributed by atoms with van der Waals surface area (Å²) in [6.07, 6.45) is 1.49. The van der Waals surface area contributed by atoms with Gasteiger partial charge in [-0.2, -0.15) is 0 Å². The van der Waals surface area contributed by atoms with Gasteiger partial charge in [0.1, 0.15) is 4.91 Å². The number of aryl methyl sites for hydroxylation is 2. The van der Waals surface area contributed by atoms with Gasteiger partial charge in [0.25, 0.3) is 0 Å². The molecule has 0 bridgehead atoms. The van der Waals surface area contributed by atoms with E-state index in [4.69, 9.17) is 11.6 Å². The Morgan fingerprint density at radius 1 is 1.00 bits per heavy atom. The molecule has 0 saturated carbocycles. The van der Waals surface area contributed by atoms with Gasteiger partial charge in [-0.05, 0) is 66.8 Å². The van der Waals surface area contributed by atoms with Crippen molar-refractivity contribution in [3.8, 4) is 0 Å². The summed E-state index contributed by atoms with van der Waals surface area (Å²) in [5, 5.41) is 2.36. The maximum atomic E-state index is 13.2. The molecule has 144 valence electrons. The topological polar surface area (TPSA) is 51.2 Å². The van der Waals surface area contributed by atoms with Crippen molar-refractivity contribution in [2.75, 3.05) is 0 Å². The smallest absolute Gasteiger partial charge is 0.204 e. The van der Waals surface area contributed by atoms with Crippen molar-refractivity contribution in [2.45, 2.75) is 19.6 Å². The monoisotopic (exact) mass is 430 g/mol. The molecule has 28 heavy (non-hydrogen) atoms. The maximum absolute atomic E-state index is 13.2. The minimum absolute atomic E-state index is 0.207. The zero-order valence-electron chi connectivity index (χ0n) is 15.5. The summed E-state index contributed by atoms with van der Waals surface area (Å²) >= 11 is 7.30. The lowest BCUT2D eigenvalue weighted by molar-refractivity contribution is 0.104. The number of hydrogen-bond donors (Lipinski definition) is 0. The van der Waals surface area contributed by atoms with Crippen LogP contribution in [0, 0.1) is 13.8 Å². The zero-order chi connectivity index (χ0) is 20.3. The Morgan fingerprint density at radius 3 is 2.21 bits per heavy atom. The Bertz CT molecular complexity index is 1120. The number of halogens is 1. The van der Waals surface area contributed by atoms with Crippen molar-refractivity contribution < 1.29 is 13.2 Å². The minimum Gasteiger partial charge on any atom is -0.288 e. The van der Waals surface area contributed by atoms with Crippen LogP contribution in [-0.2, 0) is 15.6 Å². The van der Waals surface area contributed by atoms with Crippen LogP contribution in [0.25, 0.3) is 6.08 Å². The minimum atomic E-state index is -3.85. The highest BCUT2D eigenvalue weighted by Gasteiger charge is 2.27. The van der Waals surface area contributed by atoms with Crippen LogP contribution in [-0.4, -0.2) is 14.2 Å². The van der Waals surface area contributed by atoms with E-state index in [0.717, 1.165) is 16.0 Å². The van der Waals surface area contributed by atoms with Crippen molar-refractivity contribution in [3.63, 3.8) is 0 Å². The Balaban J connectivity index is 2.06. The number of hydrogen-bond acceptors (Lipinski definition) is 4. The molecule has 2 aromatic carbocycles. The lowest BCUT2D eigenvalue weighted by Crippen LogP contribution is -2.16. The fraction of sp³-hybridized carbons (Fsp3) is 0.136. The Kier molecular flexibility index (Phi) is 6.18. The van der Waals surface area contributed by atoms with Crippen molar-refractivity contribution in [1.29, 1.82) is 0 Å². The Labute approximate surface area is 174 Å². The van der Waals surface area contributed by atoms with Gasteiger partial charge in [-0.3, -0.25) is 4.79 Å². The van der Waals surface area contributed by atoms with Gasteiger partial charge in [0.2, 0.25) is 5.78 Å². The van der Waals surface area contributed by atoms with E-state index in [-0.39, 0.29) is 16.2 Å². The first kappa shape index (κ1) is 20.5. The molecule has 3 aromatic rings. The van der Waals surface area contributed by atoms with E-state index in [1.165, 1.54) is 17.4 Å². The van der Waals surface area contributed by atoms with Crippen LogP contribution in [0.4, 0.5) is 0 Å². The van der Waals surface area contributed by atoms with Gasteiger partial charge in [-0.25, -0.2) is 8.42 Å². The number of carbonyl (C=O) groups is 1. The van der Waals surface area contributed by atoms with E-state index in [9.17, 15) is 13.2 Å². The molecule has 3 nitrogen and oxygen atoms in total. The van der Waals surface area contributed by atoms with Crippen LogP contribution in [0.2, 0.25) is 5.02 Å². The summed E-state index contributed by atoms with van der Waals surface area (Å²) in [7, 11) is -3.85. The largest absolute Gasteiger partial charge is 0.288 e. The number of Topliss-reactive ketones (excluding diaryl/α,β-unsaturated/α-hetero) is 1. The lowest BCUT2D eigenvalue weighted by Gasteiger charge is -2.10. The first-order valence-corrected chi connectivity index (χ1v) is 11.5. The van der Waals surface area contributed by atoms with Crippen molar-refractivity contribution in [1.82, 2.24) is 0 Å². The van der Waals surface area contributed by atoms with Gasteiger partial charge >= 0.3 is 0 Å². The van der Waals surface area contributed by atoms with E-state index >= 15 is 0 Å². The highest BCUT2D eigenvalue weighted by molar-refractivity contribution is 7.95. The van der Waals surface area contributed by atoms with Crippen LogP contribution in [0.15, 0.2) is 64.9 Å². The molecule has 0 N–H and O–H groups in total. The molecule has 0 atom stereocenters. The fourth-order valence-electron chi connectivity index (χ4n) is 2.67. The quantitative estimate of drug-likeness (QED) is 0.363. The van der Waals surface area contributed by atoms with E-state index < -0.39 is 15.6 Å². The van der Waals surface area contributed by atoms with Gasteiger partial charge in [0.05, 0.1) is 5.75 Å². The number of benzene rings is 2. The number of allylic oxidation sites excluding steroid dienone is 1. The first-order chi connectivity index (χ1) is 13.3. The van der Waals surface area contributed by atoms with Gasteiger partial charge < -0.3 is 0 Å². The predicted molar refractivity (Wildman–Crippen MR) is 117 cm³/mol. The Morgan fingerprint density at radius 2 is 1.64 bits per heavy atom. The van der Waals surface area contributed by atoms with Gasteiger partial charge in [0.15, 0.2) is 9.84 Å². The van der Waals surface area contributed by atoms with Crippen LogP contribution >= 0.6 is 22.9 Å². The second-order valence-corrected chi connectivity index (χ2v) is 9.90. The van der Waals surface area contributed by atoms with Crippen molar-refractivity contribution in [3.05, 3.63) is 97.0 Å². The standard InChI is InChI=1S/C22H19ClO3S2/c1-15-3-5-17(6-4-15)14-28(25,26)21(13-20-16(2)11-12-27-20)22(24)18-7-9-19(23)10-8-18/h3-13H,14H2,1-2H3/b21-13+. The molecule has 0 fully saturated rings. The Hall–Kier alpha value is -2.21. The molecule has 0 saturated heterocycles. The molecule has 0 aliphatic heterocycles. The number of sulfone groups is 1. The molecule has 3 rings (SSSR count). The number of thiophene rings is 1. The fourth-order valence-corrected chi connectivity index (χ4v) is 5.22. The highest BCUT2D eigenvalue weighted by atomic mass is 35.5. The van der Waals surface area contributed by atoms with Crippen molar-refractivity contribution >= 4 is 44.6 Å². The third-order valence-electron chi connectivity index (χ3n) is 4.31. The second kappa shape index (κ2) is 8.43. The summed E-state index contributed by atoms with van der Waals surface area (Å²) < 4.78 is 26.4. The van der Waals surface area contributed by atoms with E-state index in [1.54, 1.807) is 36.4 Å². The molecule has 0 aliphatic rings. The van der Waals surface area contributed by atoms with Crippen LogP contribution in [0.1, 0.15) is 31.9 Å². The maximum Gasteiger partial charge on any atom is 0.204 e. The molecule has 1 heterocycles. The van der Waals surface area contributed by atoms with Crippen LogP contribution in [0.5, 0.6) is 0 Å².